The zero-order valence-corrected chi connectivity index (χ0v) is 10.2. The maximum atomic E-state index is 11.2. The van der Waals surface area contributed by atoms with Crippen molar-refractivity contribution in [3.8, 4) is 0 Å². The van der Waals surface area contributed by atoms with Gasteiger partial charge in [0.15, 0.2) is 0 Å². The first-order chi connectivity index (χ1) is 7.67. The first-order valence-corrected chi connectivity index (χ1v) is 5.54. The van der Waals surface area contributed by atoms with Gasteiger partial charge in [-0.2, -0.15) is 0 Å². The fourth-order valence-electron chi connectivity index (χ4n) is 1.29. The van der Waals surface area contributed by atoms with Crippen LogP contribution >= 0.6 is 0 Å². The average molecular weight is 228 g/mol. The van der Waals surface area contributed by atoms with Crippen molar-refractivity contribution in [2.24, 2.45) is 0 Å². The normalized spacial score (nSPS) is 9.44. The summed E-state index contributed by atoms with van der Waals surface area (Å²) in [5.74, 6) is -1.27. The summed E-state index contributed by atoms with van der Waals surface area (Å²) < 4.78 is 9.01. The largest absolute Gasteiger partial charge is 0.465 e. The van der Waals surface area contributed by atoms with E-state index in [-0.39, 0.29) is 5.57 Å². The van der Waals surface area contributed by atoms with E-state index in [9.17, 15) is 9.59 Å². The van der Waals surface area contributed by atoms with Crippen molar-refractivity contribution >= 4 is 11.9 Å². The summed E-state index contributed by atoms with van der Waals surface area (Å²) in [6.07, 6.45) is 6.67. The van der Waals surface area contributed by atoms with Gasteiger partial charge in [0, 0.05) is 0 Å². The van der Waals surface area contributed by atoms with E-state index in [2.05, 4.69) is 16.4 Å². The van der Waals surface area contributed by atoms with Gasteiger partial charge in [-0.3, -0.25) is 0 Å². The molecule has 4 nitrogen and oxygen atoms in total. The molecule has 0 aromatic heterocycles. The zero-order valence-electron chi connectivity index (χ0n) is 10.2. The van der Waals surface area contributed by atoms with Gasteiger partial charge in [-0.1, -0.05) is 32.3 Å². The first-order valence-electron chi connectivity index (χ1n) is 5.54. The van der Waals surface area contributed by atoms with E-state index in [0.717, 1.165) is 19.3 Å². The maximum Gasteiger partial charge on any atom is 0.344 e. The molecule has 0 amide bonds. The summed E-state index contributed by atoms with van der Waals surface area (Å²) >= 11 is 0. The maximum absolute atomic E-state index is 11.2. The molecule has 0 unspecified atom stereocenters. The van der Waals surface area contributed by atoms with E-state index in [1.165, 1.54) is 20.6 Å². The molecule has 0 aliphatic heterocycles. The molecule has 0 atom stereocenters. The number of hydrogen-bond donors (Lipinski definition) is 0. The number of carbonyl (C=O) groups is 2. The molecule has 0 bridgehead atoms. The molecule has 0 spiro atoms. The SMILES string of the molecule is CCCCCCC=C(C(=O)OC)C(=O)OC. The summed E-state index contributed by atoms with van der Waals surface area (Å²) in [5.41, 5.74) is -0.0125. The number of hydrogen-bond acceptors (Lipinski definition) is 4. The van der Waals surface area contributed by atoms with E-state index < -0.39 is 11.9 Å². The van der Waals surface area contributed by atoms with Crippen molar-refractivity contribution in [2.45, 2.75) is 39.0 Å². The molecule has 0 aliphatic rings. The van der Waals surface area contributed by atoms with Crippen LogP contribution in [0, 0.1) is 0 Å². The van der Waals surface area contributed by atoms with Crippen LogP contribution in [0.15, 0.2) is 11.6 Å². The number of unbranched alkanes of at least 4 members (excludes halogenated alkanes) is 4. The van der Waals surface area contributed by atoms with Gasteiger partial charge in [-0.15, -0.1) is 0 Å². The van der Waals surface area contributed by atoms with Crippen LogP contribution in [0.1, 0.15) is 39.0 Å². The summed E-state index contributed by atoms with van der Waals surface area (Å²) in [7, 11) is 2.49. The second kappa shape index (κ2) is 8.95. The Morgan fingerprint density at radius 2 is 1.56 bits per heavy atom. The highest BCUT2D eigenvalue weighted by molar-refractivity contribution is 6.13. The third-order valence-corrected chi connectivity index (χ3v) is 2.22. The molecular weight excluding hydrogens is 208 g/mol. The van der Waals surface area contributed by atoms with Crippen molar-refractivity contribution < 1.29 is 19.1 Å². The molecule has 0 aliphatic carbocycles. The Morgan fingerprint density at radius 3 is 2.00 bits per heavy atom. The molecule has 92 valence electrons. The molecule has 0 saturated carbocycles. The van der Waals surface area contributed by atoms with Crippen molar-refractivity contribution in [1.82, 2.24) is 0 Å². The van der Waals surface area contributed by atoms with Gasteiger partial charge in [0.2, 0.25) is 0 Å². The molecule has 0 fully saturated rings. The van der Waals surface area contributed by atoms with Crippen molar-refractivity contribution in [3.05, 3.63) is 11.6 Å². The highest BCUT2D eigenvalue weighted by Gasteiger charge is 2.18. The lowest BCUT2D eigenvalue weighted by atomic mass is 10.1. The smallest absolute Gasteiger partial charge is 0.344 e. The topological polar surface area (TPSA) is 52.6 Å². The van der Waals surface area contributed by atoms with Crippen LogP contribution < -0.4 is 0 Å². The van der Waals surface area contributed by atoms with Crippen molar-refractivity contribution in [2.75, 3.05) is 14.2 Å². The number of carbonyl (C=O) groups excluding carboxylic acids is 2. The Bertz CT molecular complexity index is 238. The Labute approximate surface area is 96.6 Å². The minimum absolute atomic E-state index is 0.0125. The molecule has 0 aromatic carbocycles. The molecule has 0 rings (SSSR count). The van der Waals surface area contributed by atoms with E-state index in [1.807, 2.05) is 0 Å². The molecule has 4 heteroatoms. The second-order valence-corrected chi connectivity index (χ2v) is 3.45. The van der Waals surface area contributed by atoms with Gasteiger partial charge in [-0.05, 0) is 12.8 Å². The lowest BCUT2D eigenvalue weighted by Gasteiger charge is -2.03. The Morgan fingerprint density at radius 1 is 1.00 bits per heavy atom. The molecule has 0 saturated heterocycles. The van der Waals surface area contributed by atoms with Crippen LogP contribution in [-0.4, -0.2) is 26.2 Å². The number of methoxy groups -OCH3 is 2. The Kier molecular flexibility index (Phi) is 8.21. The minimum atomic E-state index is -0.637. The molecule has 0 aromatic rings. The fourth-order valence-corrected chi connectivity index (χ4v) is 1.29. The van der Waals surface area contributed by atoms with Crippen LogP contribution in [0.3, 0.4) is 0 Å². The number of ether oxygens (including phenoxy) is 2. The quantitative estimate of drug-likeness (QED) is 0.220. The highest BCUT2D eigenvalue weighted by Crippen LogP contribution is 2.07. The standard InChI is InChI=1S/C12H20O4/c1-4-5-6-7-8-9-10(11(13)15-2)12(14)16-3/h9H,4-8H2,1-3H3. The van der Waals surface area contributed by atoms with Crippen LogP contribution in [0.4, 0.5) is 0 Å². The zero-order chi connectivity index (χ0) is 12.4. The van der Waals surface area contributed by atoms with E-state index in [0.29, 0.717) is 6.42 Å². The second-order valence-electron chi connectivity index (χ2n) is 3.45. The summed E-state index contributed by atoms with van der Waals surface area (Å²) in [5, 5.41) is 0. The molecule has 0 heterocycles. The number of allylic oxidation sites excluding steroid dienone is 1. The van der Waals surface area contributed by atoms with Crippen LogP contribution in [0.2, 0.25) is 0 Å². The van der Waals surface area contributed by atoms with Gasteiger partial charge < -0.3 is 9.47 Å². The van der Waals surface area contributed by atoms with Gasteiger partial charge in [-0.25, -0.2) is 9.59 Å². The van der Waals surface area contributed by atoms with Crippen molar-refractivity contribution in [3.63, 3.8) is 0 Å². The lowest BCUT2D eigenvalue weighted by molar-refractivity contribution is -0.144. The third kappa shape index (κ3) is 5.53. The molecule has 16 heavy (non-hydrogen) atoms. The van der Waals surface area contributed by atoms with Gasteiger partial charge in [0.25, 0.3) is 0 Å². The first kappa shape index (κ1) is 14.7. The average Bonchev–Trinajstić information content (AvgIpc) is 2.32. The number of rotatable bonds is 7. The van der Waals surface area contributed by atoms with Crippen LogP contribution in [0.5, 0.6) is 0 Å². The number of esters is 2. The van der Waals surface area contributed by atoms with Crippen LogP contribution in [0.25, 0.3) is 0 Å². The fraction of sp³-hybridized carbons (Fsp3) is 0.667. The molecular formula is C12H20O4. The Hall–Kier alpha value is -1.32. The van der Waals surface area contributed by atoms with E-state index >= 15 is 0 Å². The van der Waals surface area contributed by atoms with Gasteiger partial charge >= 0.3 is 11.9 Å². The Balaban J connectivity index is 4.23. The van der Waals surface area contributed by atoms with E-state index in [1.54, 1.807) is 6.08 Å². The van der Waals surface area contributed by atoms with Gasteiger partial charge in [0.1, 0.15) is 5.57 Å². The molecule has 0 radical (unpaired) electrons. The van der Waals surface area contributed by atoms with Gasteiger partial charge in [0.05, 0.1) is 14.2 Å². The molecule has 0 N–H and O–H groups in total. The third-order valence-electron chi connectivity index (χ3n) is 2.22. The minimum Gasteiger partial charge on any atom is -0.465 e. The van der Waals surface area contributed by atoms with Crippen LogP contribution in [-0.2, 0) is 19.1 Å². The van der Waals surface area contributed by atoms with Crippen molar-refractivity contribution in [1.29, 1.82) is 0 Å². The predicted molar refractivity (Wildman–Crippen MR) is 60.9 cm³/mol. The summed E-state index contributed by atoms with van der Waals surface area (Å²) in [6, 6.07) is 0. The highest BCUT2D eigenvalue weighted by atomic mass is 16.5. The lowest BCUT2D eigenvalue weighted by Crippen LogP contribution is -2.15. The predicted octanol–water partition coefficient (Wildman–Crippen LogP) is 2.23. The summed E-state index contributed by atoms with van der Waals surface area (Å²) in [4.78, 5) is 22.5. The summed E-state index contributed by atoms with van der Waals surface area (Å²) in [6.45, 7) is 2.13. The monoisotopic (exact) mass is 228 g/mol. The van der Waals surface area contributed by atoms with E-state index in [4.69, 9.17) is 0 Å².